The Hall–Kier alpha value is -2.54. The van der Waals surface area contributed by atoms with E-state index in [0.717, 1.165) is 17.7 Å². The highest BCUT2D eigenvalue weighted by molar-refractivity contribution is 6.33. The van der Waals surface area contributed by atoms with Gasteiger partial charge in [-0.3, -0.25) is 4.79 Å². The zero-order valence-electron chi connectivity index (χ0n) is 15.8. The SMILES string of the molecule is CC(=Nc1cc(OC(F)(F)F)ccc1Cl)NC(=O)c1ccc(C(C)(C)C)cc1. The van der Waals surface area contributed by atoms with E-state index in [2.05, 4.69) is 35.8 Å². The zero-order chi connectivity index (χ0) is 21.1. The zero-order valence-corrected chi connectivity index (χ0v) is 16.6. The van der Waals surface area contributed by atoms with Gasteiger partial charge in [-0.15, -0.1) is 13.2 Å². The number of hydrogen-bond acceptors (Lipinski definition) is 3. The van der Waals surface area contributed by atoms with Gasteiger partial charge in [0, 0.05) is 11.6 Å². The molecule has 0 atom stereocenters. The standard InChI is InChI=1S/C20H20ClF3N2O2/c1-12(25-17-11-15(9-10-16(17)21)28-20(22,23)24)26-18(27)13-5-7-14(8-6-13)19(2,3)4/h5-11H,1-4H3,(H,25,26,27). The van der Waals surface area contributed by atoms with Crippen LogP contribution in [0, 0.1) is 0 Å². The number of halogens is 4. The van der Waals surface area contributed by atoms with E-state index >= 15 is 0 Å². The summed E-state index contributed by atoms with van der Waals surface area (Å²) in [7, 11) is 0. The molecule has 1 N–H and O–H groups in total. The minimum atomic E-state index is -4.82. The van der Waals surface area contributed by atoms with Gasteiger partial charge in [-0.05, 0) is 42.2 Å². The van der Waals surface area contributed by atoms with Crippen LogP contribution >= 0.6 is 11.6 Å². The minimum Gasteiger partial charge on any atom is -0.406 e. The molecule has 0 spiro atoms. The third-order valence-corrected chi connectivity index (χ3v) is 4.07. The minimum absolute atomic E-state index is 0.0351. The molecule has 4 nitrogen and oxygen atoms in total. The van der Waals surface area contributed by atoms with Crippen LogP contribution in [0.2, 0.25) is 5.02 Å². The molecule has 0 heterocycles. The molecule has 0 saturated heterocycles. The molecule has 2 aromatic rings. The van der Waals surface area contributed by atoms with Crippen LogP contribution in [-0.4, -0.2) is 18.1 Å². The molecule has 0 bridgehead atoms. The second kappa shape index (κ2) is 8.22. The Bertz CT molecular complexity index is 886. The van der Waals surface area contributed by atoms with Gasteiger partial charge >= 0.3 is 6.36 Å². The molecule has 0 saturated carbocycles. The molecule has 0 fully saturated rings. The Kier molecular flexibility index (Phi) is 6.39. The van der Waals surface area contributed by atoms with Crippen LogP contribution in [0.3, 0.4) is 0 Å². The number of nitrogens with one attached hydrogen (secondary N) is 1. The average molecular weight is 413 g/mol. The van der Waals surface area contributed by atoms with Gasteiger partial charge in [-0.1, -0.05) is 44.5 Å². The molecule has 0 aliphatic rings. The van der Waals surface area contributed by atoms with Crippen molar-refractivity contribution in [3.63, 3.8) is 0 Å². The molecule has 0 radical (unpaired) electrons. The van der Waals surface area contributed by atoms with E-state index in [1.807, 2.05) is 12.1 Å². The van der Waals surface area contributed by atoms with E-state index in [1.165, 1.54) is 13.0 Å². The van der Waals surface area contributed by atoms with Gasteiger partial charge in [0.05, 0.1) is 10.7 Å². The number of carbonyl (C=O) groups is 1. The van der Waals surface area contributed by atoms with Crippen LogP contribution < -0.4 is 10.1 Å². The predicted octanol–water partition coefficient (Wildman–Crippen LogP) is 6.02. The summed E-state index contributed by atoms with van der Waals surface area (Å²) in [5, 5.41) is 2.71. The summed E-state index contributed by atoms with van der Waals surface area (Å²) in [5.41, 5.74) is 1.53. The highest BCUT2D eigenvalue weighted by Crippen LogP contribution is 2.32. The van der Waals surface area contributed by atoms with Crippen LogP contribution in [0.1, 0.15) is 43.6 Å². The van der Waals surface area contributed by atoms with Crippen LogP contribution in [0.4, 0.5) is 18.9 Å². The Morgan fingerprint density at radius 1 is 1.07 bits per heavy atom. The van der Waals surface area contributed by atoms with Crippen LogP contribution in [-0.2, 0) is 5.41 Å². The summed E-state index contributed by atoms with van der Waals surface area (Å²) in [6, 6.07) is 10.5. The molecule has 28 heavy (non-hydrogen) atoms. The van der Waals surface area contributed by atoms with Crippen LogP contribution in [0.15, 0.2) is 47.5 Å². The average Bonchev–Trinajstić information content (AvgIpc) is 2.56. The number of ether oxygens (including phenoxy) is 1. The molecule has 0 aromatic heterocycles. The van der Waals surface area contributed by atoms with Crippen molar-refractivity contribution in [1.29, 1.82) is 0 Å². The quantitative estimate of drug-likeness (QED) is 0.495. The first kappa shape index (κ1) is 21.8. The Morgan fingerprint density at radius 3 is 2.21 bits per heavy atom. The number of aliphatic imine (C=N–C) groups is 1. The molecule has 2 rings (SSSR count). The summed E-state index contributed by atoms with van der Waals surface area (Å²) in [5.74, 6) is -0.663. The van der Waals surface area contributed by atoms with Gasteiger partial charge in [0.15, 0.2) is 0 Å². The molecule has 8 heteroatoms. The normalized spacial score (nSPS) is 12.6. The second-order valence-corrected chi connectivity index (χ2v) is 7.55. The number of carbonyl (C=O) groups excluding carboxylic acids is 1. The smallest absolute Gasteiger partial charge is 0.406 e. The number of amides is 1. The van der Waals surface area contributed by atoms with E-state index in [9.17, 15) is 18.0 Å². The van der Waals surface area contributed by atoms with Crippen molar-refractivity contribution in [3.05, 3.63) is 58.6 Å². The lowest BCUT2D eigenvalue weighted by Crippen LogP contribution is -2.28. The van der Waals surface area contributed by atoms with Crippen LogP contribution in [0.25, 0.3) is 0 Å². The summed E-state index contributed by atoms with van der Waals surface area (Å²) >= 11 is 5.97. The Balaban J connectivity index is 2.15. The van der Waals surface area contributed by atoms with E-state index in [-0.39, 0.29) is 27.9 Å². The maximum atomic E-state index is 12.3. The van der Waals surface area contributed by atoms with Crippen molar-refractivity contribution in [1.82, 2.24) is 5.32 Å². The topological polar surface area (TPSA) is 50.7 Å². The van der Waals surface area contributed by atoms with Gasteiger partial charge in [0.1, 0.15) is 11.6 Å². The predicted molar refractivity (Wildman–Crippen MR) is 104 cm³/mol. The van der Waals surface area contributed by atoms with Gasteiger partial charge in [0.2, 0.25) is 0 Å². The van der Waals surface area contributed by atoms with Crippen molar-refractivity contribution < 1.29 is 22.7 Å². The molecule has 150 valence electrons. The van der Waals surface area contributed by atoms with Crippen molar-refractivity contribution >= 4 is 29.0 Å². The maximum absolute atomic E-state index is 12.3. The number of alkyl halides is 3. The first-order valence-corrected chi connectivity index (χ1v) is 8.75. The first-order chi connectivity index (χ1) is 12.8. The van der Waals surface area contributed by atoms with E-state index < -0.39 is 12.1 Å². The fourth-order valence-electron chi connectivity index (χ4n) is 2.34. The van der Waals surface area contributed by atoms with Crippen molar-refractivity contribution in [2.75, 3.05) is 0 Å². The van der Waals surface area contributed by atoms with E-state index in [0.29, 0.717) is 5.56 Å². The van der Waals surface area contributed by atoms with Crippen molar-refractivity contribution in [3.8, 4) is 5.75 Å². The number of rotatable bonds is 3. The summed E-state index contributed by atoms with van der Waals surface area (Å²) in [6.45, 7) is 7.72. The van der Waals surface area contributed by atoms with E-state index in [4.69, 9.17) is 11.6 Å². The Labute approximate surface area is 166 Å². The van der Waals surface area contributed by atoms with Crippen molar-refractivity contribution in [2.45, 2.75) is 39.5 Å². The van der Waals surface area contributed by atoms with Gasteiger partial charge in [0.25, 0.3) is 5.91 Å². The summed E-state index contributed by atoms with van der Waals surface area (Å²) in [4.78, 5) is 16.4. The molecule has 1 amide bonds. The number of benzene rings is 2. The molecule has 0 aliphatic heterocycles. The fraction of sp³-hybridized carbons (Fsp3) is 0.300. The van der Waals surface area contributed by atoms with Crippen molar-refractivity contribution in [2.24, 2.45) is 4.99 Å². The summed E-state index contributed by atoms with van der Waals surface area (Å²) < 4.78 is 40.9. The van der Waals surface area contributed by atoms with Crippen LogP contribution in [0.5, 0.6) is 5.75 Å². The molecule has 0 aliphatic carbocycles. The van der Waals surface area contributed by atoms with Gasteiger partial charge in [-0.2, -0.15) is 0 Å². The lowest BCUT2D eigenvalue weighted by Gasteiger charge is -2.19. The highest BCUT2D eigenvalue weighted by atomic mass is 35.5. The number of nitrogens with zero attached hydrogens (tertiary/aromatic N) is 1. The Morgan fingerprint density at radius 2 is 1.68 bits per heavy atom. The molecule has 2 aromatic carbocycles. The van der Waals surface area contributed by atoms with Gasteiger partial charge < -0.3 is 10.1 Å². The maximum Gasteiger partial charge on any atom is 0.573 e. The largest absolute Gasteiger partial charge is 0.573 e. The monoisotopic (exact) mass is 412 g/mol. The lowest BCUT2D eigenvalue weighted by atomic mass is 9.87. The molecular formula is C20H20ClF3N2O2. The lowest BCUT2D eigenvalue weighted by molar-refractivity contribution is -0.274. The fourth-order valence-corrected chi connectivity index (χ4v) is 2.50. The van der Waals surface area contributed by atoms with Gasteiger partial charge in [-0.25, -0.2) is 4.99 Å². The summed E-state index contributed by atoms with van der Waals surface area (Å²) in [6.07, 6.45) is -4.82. The first-order valence-electron chi connectivity index (χ1n) is 8.37. The second-order valence-electron chi connectivity index (χ2n) is 7.14. The third kappa shape index (κ3) is 6.27. The molecule has 0 unspecified atom stereocenters. The van der Waals surface area contributed by atoms with E-state index in [1.54, 1.807) is 12.1 Å². The highest BCUT2D eigenvalue weighted by Gasteiger charge is 2.31. The number of hydrogen-bond donors (Lipinski definition) is 1. The molecular weight excluding hydrogens is 393 g/mol. The number of amidine groups is 1. The third-order valence-electron chi connectivity index (χ3n) is 3.75.